The number of nitrogens with two attached hydrogens (primary N) is 1. The van der Waals surface area contributed by atoms with E-state index in [-0.39, 0.29) is 6.42 Å². The summed E-state index contributed by atoms with van der Waals surface area (Å²) >= 11 is 0. The highest BCUT2D eigenvalue weighted by molar-refractivity contribution is 5.68. The number of aliphatic carboxylic acids is 1. The van der Waals surface area contributed by atoms with Crippen molar-refractivity contribution in [2.75, 3.05) is 0 Å². The fourth-order valence-corrected chi connectivity index (χ4v) is 2.20. The quantitative estimate of drug-likeness (QED) is 0.653. The smallest absolute Gasteiger partial charge is 0.306 e. The van der Waals surface area contributed by atoms with Gasteiger partial charge in [0.2, 0.25) is 0 Å². The van der Waals surface area contributed by atoms with Gasteiger partial charge in [0.1, 0.15) is 5.60 Å². The Morgan fingerprint density at radius 3 is 2.92 bits per heavy atom. The summed E-state index contributed by atoms with van der Waals surface area (Å²) in [5.74, 6) is 4.86. The lowest BCUT2D eigenvalue weighted by molar-refractivity contribution is -0.150. The van der Waals surface area contributed by atoms with Gasteiger partial charge in [-0.2, -0.15) is 0 Å². The largest absolute Gasteiger partial charge is 0.481 e. The molecule has 4 nitrogen and oxygen atoms in total. The Balaban J connectivity index is 2.61. The van der Waals surface area contributed by atoms with Crippen molar-refractivity contribution in [3.63, 3.8) is 0 Å². The monoisotopic (exact) mass is 187 g/mol. The number of carboxylic acid groups (broad SMARTS) is 1. The predicted octanol–water partition coefficient (Wildman–Crippen LogP) is 1.30. The number of rotatable bonds is 3. The predicted molar refractivity (Wildman–Crippen MR) is 47.9 cm³/mol. The van der Waals surface area contributed by atoms with Crippen LogP contribution in [0, 0.1) is 5.92 Å². The van der Waals surface area contributed by atoms with Crippen molar-refractivity contribution in [2.45, 2.75) is 44.6 Å². The molecule has 1 fully saturated rings. The van der Waals surface area contributed by atoms with E-state index in [1.807, 2.05) is 0 Å². The van der Waals surface area contributed by atoms with E-state index in [0.29, 0.717) is 5.92 Å². The van der Waals surface area contributed by atoms with Crippen LogP contribution in [0.15, 0.2) is 0 Å². The van der Waals surface area contributed by atoms with Gasteiger partial charge >= 0.3 is 5.97 Å². The second kappa shape index (κ2) is 4.07. The van der Waals surface area contributed by atoms with Crippen molar-refractivity contribution in [1.82, 2.24) is 0 Å². The summed E-state index contributed by atoms with van der Waals surface area (Å²) in [7, 11) is 0. The van der Waals surface area contributed by atoms with Gasteiger partial charge in [0.15, 0.2) is 0 Å². The molecule has 1 aliphatic carbocycles. The van der Waals surface area contributed by atoms with Crippen LogP contribution in [0.3, 0.4) is 0 Å². The molecule has 0 aromatic heterocycles. The normalized spacial score (nSPS) is 34.5. The average Bonchev–Trinajstić information content (AvgIpc) is 2.03. The van der Waals surface area contributed by atoms with E-state index in [2.05, 4.69) is 6.92 Å². The van der Waals surface area contributed by atoms with Crippen LogP contribution >= 0.6 is 0 Å². The Bertz CT molecular complexity index is 195. The minimum Gasteiger partial charge on any atom is -0.481 e. The van der Waals surface area contributed by atoms with Crippen LogP contribution in [0.4, 0.5) is 0 Å². The number of carbonyl (C=O) groups is 1. The Labute approximate surface area is 78.0 Å². The summed E-state index contributed by atoms with van der Waals surface area (Å²) in [5, 5.41) is 8.71. The second-order valence-corrected chi connectivity index (χ2v) is 4.07. The lowest BCUT2D eigenvalue weighted by atomic mass is 9.77. The summed E-state index contributed by atoms with van der Waals surface area (Å²) < 4.78 is 0. The molecule has 1 rings (SSSR count). The molecule has 2 atom stereocenters. The van der Waals surface area contributed by atoms with E-state index < -0.39 is 11.6 Å². The van der Waals surface area contributed by atoms with E-state index in [0.717, 1.165) is 25.7 Å². The highest BCUT2D eigenvalue weighted by Gasteiger charge is 2.37. The van der Waals surface area contributed by atoms with Crippen molar-refractivity contribution in [1.29, 1.82) is 0 Å². The van der Waals surface area contributed by atoms with Crippen LogP contribution in [0.5, 0.6) is 0 Å². The Morgan fingerprint density at radius 2 is 2.46 bits per heavy atom. The van der Waals surface area contributed by atoms with E-state index in [1.165, 1.54) is 0 Å². The topological polar surface area (TPSA) is 72.5 Å². The molecular formula is C9H17NO3. The molecule has 1 aliphatic rings. The fraction of sp³-hybridized carbons (Fsp3) is 0.889. The van der Waals surface area contributed by atoms with Crippen molar-refractivity contribution < 1.29 is 14.7 Å². The van der Waals surface area contributed by atoms with Gasteiger partial charge in [-0.3, -0.25) is 9.63 Å². The maximum atomic E-state index is 10.6. The fourth-order valence-electron chi connectivity index (χ4n) is 2.20. The van der Waals surface area contributed by atoms with Crippen molar-refractivity contribution >= 4 is 5.97 Å². The van der Waals surface area contributed by atoms with Gasteiger partial charge in [0.25, 0.3) is 0 Å². The summed E-state index contributed by atoms with van der Waals surface area (Å²) in [5.41, 5.74) is -0.608. The zero-order chi connectivity index (χ0) is 9.90. The minimum atomic E-state index is -0.834. The van der Waals surface area contributed by atoms with Gasteiger partial charge in [-0.1, -0.05) is 19.8 Å². The third kappa shape index (κ3) is 2.67. The molecule has 1 saturated carbocycles. The molecule has 0 aromatic rings. The molecule has 76 valence electrons. The van der Waals surface area contributed by atoms with Gasteiger partial charge in [-0.25, -0.2) is 5.90 Å². The van der Waals surface area contributed by atoms with Gasteiger partial charge in [-0.15, -0.1) is 0 Å². The van der Waals surface area contributed by atoms with Crippen LogP contribution in [-0.4, -0.2) is 16.7 Å². The van der Waals surface area contributed by atoms with Crippen LogP contribution in [-0.2, 0) is 9.63 Å². The molecule has 0 saturated heterocycles. The standard InChI is InChI=1S/C9H17NO3/c1-7-3-2-4-9(5-7,13-10)6-8(11)12/h7H,2-6,10H2,1H3,(H,11,12). The van der Waals surface area contributed by atoms with E-state index in [9.17, 15) is 4.79 Å². The Hall–Kier alpha value is -0.610. The molecule has 0 spiro atoms. The summed E-state index contributed by atoms with van der Waals surface area (Å²) in [4.78, 5) is 15.5. The first-order chi connectivity index (χ1) is 6.08. The SMILES string of the molecule is CC1CCCC(CC(=O)O)(ON)C1. The van der Waals surface area contributed by atoms with Gasteiger partial charge in [-0.05, 0) is 18.8 Å². The molecule has 0 bridgehead atoms. The molecule has 13 heavy (non-hydrogen) atoms. The first kappa shape index (κ1) is 10.5. The molecule has 2 unspecified atom stereocenters. The highest BCUT2D eigenvalue weighted by Crippen LogP contribution is 2.36. The van der Waals surface area contributed by atoms with E-state index >= 15 is 0 Å². The third-order valence-electron chi connectivity index (χ3n) is 2.77. The first-order valence-corrected chi connectivity index (χ1v) is 4.68. The average molecular weight is 187 g/mol. The molecule has 0 aliphatic heterocycles. The Kier molecular flexibility index (Phi) is 3.27. The van der Waals surface area contributed by atoms with E-state index in [1.54, 1.807) is 0 Å². The molecule has 0 radical (unpaired) electrons. The lowest BCUT2D eigenvalue weighted by Crippen LogP contribution is -2.41. The maximum Gasteiger partial charge on any atom is 0.306 e. The molecular weight excluding hydrogens is 170 g/mol. The lowest BCUT2D eigenvalue weighted by Gasteiger charge is -2.36. The zero-order valence-corrected chi connectivity index (χ0v) is 7.95. The minimum absolute atomic E-state index is 0.0217. The van der Waals surface area contributed by atoms with Gasteiger partial charge in [0.05, 0.1) is 6.42 Å². The summed E-state index contributed by atoms with van der Waals surface area (Å²) in [6, 6.07) is 0. The van der Waals surface area contributed by atoms with Crippen LogP contribution in [0.2, 0.25) is 0 Å². The molecule has 3 N–H and O–H groups in total. The molecule has 0 aromatic carbocycles. The van der Waals surface area contributed by atoms with Crippen LogP contribution in [0.1, 0.15) is 39.0 Å². The van der Waals surface area contributed by atoms with Crippen molar-refractivity contribution in [2.24, 2.45) is 11.8 Å². The van der Waals surface area contributed by atoms with Crippen LogP contribution in [0.25, 0.3) is 0 Å². The first-order valence-electron chi connectivity index (χ1n) is 4.68. The molecule has 0 amide bonds. The molecule has 0 heterocycles. The molecule has 4 heteroatoms. The van der Waals surface area contributed by atoms with Gasteiger partial charge in [0, 0.05) is 0 Å². The van der Waals surface area contributed by atoms with Crippen molar-refractivity contribution in [3.05, 3.63) is 0 Å². The van der Waals surface area contributed by atoms with Gasteiger partial charge < -0.3 is 5.11 Å². The van der Waals surface area contributed by atoms with E-state index in [4.69, 9.17) is 15.8 Å². The third-order valence-corrected chi connectivity index (χ3v) is 2.77. The zero-order valence-electron chi connectivity index (χ0n) is 7.95. The number of hydrogen-bond acceptors (Lipinski definition) is 3. The van der Waals surface area contributed by atoms with Crippen LogP contribution < -0.4 is 5.90 Å². The highest BCUT2D eigenvalue weighted by atomic mass is 16.6. The summed E-state index contributed by atoms with van der Waals surface area (Å²) in [6.07, 6.45) is 3.69. The number of carboxylic acids is 1. The number of hydrogen-bond donors (Lipinski definition) is 2. The summed E-state index contributed by atoms with van der Waals surface area (Å²) in [6.45, 7) is 2.11. The maximum absolute atomic E-state index is 10.6. The Morgan fingerprint density at radius 1 is 1.77 bits per heavy atom. The van der Waals surface area contributed by atoms with Crippen molar-refractivity contribution in [3.8, 4) is 0 Å². The second-order valence-electron chi connectivity index (χ2n) is 4.07.